The van der Waals surface area contributed by atoms with Gasteiger partial charge in [0.25, 0.3) is 5.91 Å². The van der Waals surface area contributed by atoms with E-state index in [1.54, 1.807) is 30.3 Å². The first-order valence-electron chi connectivity index (χ1n) is 8.66. The average Bonchev–Trinajstić information content (AvgIpc) is 2.61. The molecule has 0 spiro atoms. The summed E-state index contributed by atoms with van der Waals surface area (Å²) < 4.78 is 13.5. The molecule has 0 bridgehead atoms. The van der Waals surface area contributed by atoms with Crippen molar-refractivity contribution in [2.24, 2.45) is 0 Å². The lowest BCUT2D eigenvalue weighted by molar-refractivity contribution is -0.118. The fourth-order valence-electron chi connectivity index (χ4n) is 2.22. The van der Waals surface area contributed by atoms with Crippen LogP contribution in [-0.2, 0) is 4.79 Å². The van der Waals surface area contributed by atoms with Crippen molar-refractivity contribution < 1.29 is 18.8 Å². The molecule has 0 unspecified atom stereocenters. The molecule has 0 aliphatic heterocycles. The van der Waals surface area contributed by atoms with Crippen LogP contribution in [0.5, 0.6) is 0 Å². The predicted molar refractivity (Wildman–Crippen MR) is 106 cm³/mol. The van der Waals surface area contributed by atoms with Gasteiger partial charge < -0.3 is 16.0 Å². The molecule has 0 aromatic heterocycles. The van der Waals surface area contributed by atoms with Crippen LogP contribution in [0.25, 0.3) is 0 Å². The highest BCUT2D eigenvalue weighted by atomic mass is 19.1. The first-order valence-corrected chi connectivity index (χ1v) is 8.66. The van der Waals surface area contributed by atoms with Gasteiger partial charge in [0, 0.05) is 16.8 Å². The van der Waals surface area contributed by atoms with E-state index in [0.29, 0.717) is 11.3 Å². The standard InChI is InChI=1S/C20H23FN4O3/c1-20(2,3)25-18(27)13-8-10-14(11-9-13)22-12-17(26)24-19(28)23-16-7-5-4-6-15(16)21/h4-11,22H,12H2,1-3H3,(H,25,27)(H2,23,24,26,28). The van der Waals surface area contributed by atoms with Crippen LogP contribution < -0.4 is 21.3 Å². The Labute approximate surface area is 162 Å². The summed E-state index contributed by atoms with van der Waals surface area (Å²) in [5.74, 6) is -1.39. The van der Waals surface area contributed by atoms with E-state index >= 15 is 0 Å². The topological polar surface area (TPSA) is 99.3 Å². The van der Waals surface area contributed by atoms with Gasteiger partial charge in [-0.15, -0.1) is 0 Å². The fraction of sp³-hybridized carbons (Fsp3) is 0.250. The smallest absolute Gasteiger partial charge is 0.326 e. The van der Waals surface area contributed by atoms with Crippen LogP contribution in [0.1, 0.15) is 31.1 Å². The van der Waals surface area contributed by atoms with Gasteiger partial charge in [-0.05, 0) is 57.2 Å². The zero-order chi connectivity index (χ0) is 20.7. The highest BCUT2D eigenvalue weighted by Gasteiger charge is 2.15. The molecule has 0 saturated heterocycles. The third-order valence-electron chi connectivity index (χ3n) is 3.46. The Morgan fingerprint density at radius 1 is 0.964 bits per heavy atom. The molecule has 8 heteroatoms. The summed E-state index contributed by atoms with van der Waals surface area (Å²) in [4.78, 5) is 35.6. The fourth-order valence-corrected chi connectivity index (χ4v) is 2.22. The molecule has 28 heavy (non-hydrogen) atoms. The van der Waals surface area contributed by atoms with E-state index in [1.807, 2.05) is 20.8 Å². The minimum absolute atomic E-state index is 0.0233. The van der Waals surface area contributed by atoms with Crippen molar-refractivity contribution >= 4 is 29.2 Å². The van der Waals surface area contributed by atoms with Crippen molar-refractivity contribution in [3.63, 3.8) is 0 Å². The molecule has 4 N–H and O–H groups in total. The van der Waals surface area contributed by atoms with E-state index < -0.39 is 17.8 Å². The van der Waals surface area contributed by atoms with Gasteiger partial charge in [0.1, 0.15) is 5.82 Å². The van der Waals surface area contributed by atoms with Gasteiger partial charge in [-0.2, -0.15) is 0 Å². The monoisotopic (exact) mass is 386 g/mol. The number of imide groups is 1. The van der Waals surface area contributed by atoms with E-state index in [1.165, 1.54) is 18.2 Å². The molecule has 2 aromatic rings. The van der Waals surface area contributed by atoms with Crippen molar-refractivity contribution in [1.29, 1.82) is 0 Å². The Bertz CT molecular complexity index is 860. The molecule has 0 heterocycles. The summed E-state index contributed by atoms with van der Waals surface area (Å²) >= 11 is 0. The second-order valence-electron chi connectivity index (χ2n) is 7.12. The number of urea groups is 1. The van der Waals surface area contributed by atoms with Crippen LogP contribution in [0.15, 0.2) is 48.5 Å². The summed E-state index contributed by atoms with van der Waals surface area (Å²) in [5, 5.41) is 10.1. The number of hydrogen-bond donors (Lipinski definition) is 4. The van der Waals surface area contributed by atoms with E-state index in [4.69, 9.17) is 0 Å². The summed E-state index contributed by atoms with van der Waals surface area (Å²) in [7, 11) is 0. The quantitative estimate of drug-likeness (QED) is 0.634. The molecule has 2 rings (SSSR count). The maximum absolute atomic E-state index is 13.5. The van der Waals surface area contributed by atoms with Gasteiger partial charge in [0.05, 0.1) is 12.2 Å². The van der Waals surface area contributed by atoms with Gasteiger partial charge in [-0.3, -0.25) is 14.9 Å². The van der Waals surface area contributed by atoms with Crippen LogP contribution in [0.3, 0.4) is 0 Å². The first-order chi connectivity index (χ1) is 13.1. The number of amides is 4. The van der Waals surface area contributed by atoms with Gasteiger partial charge in [-0.1, -0.05) is 12.1 Å². The van der Waals surface area contributed by atoms with Gasteiger partial charge in [0.2, 0.25) is 5.91 Å². The molecule has 4 amide bonds. The second kappa shape index (κ2) is 8.98. The minimum Gasteiger partial charge on any atom is -0.376 e. The van der Waals surface area contributed by atoms with E-state index in [9.17, 15) is 18.8 Å². The van der Waals surface area contributed by atoms with Crippen LogP contribution in [0.2, 0.25) is 0 Å². The minimum atomic E-state index is -0.828. The van der Waals surface area contributed by atoms with Gasteiger partial charge >= 0.3 is 6.03 Å². The Kier molecular flexibility index (Phi) is 6.70. The number of hydrogen-bond acceptors (Lipinski definition) is 4. The highest BCUT2D eigenvalue weighted by Crippen LogP contribution is 2.12. The molecule has 0 atom stereocenters. The number of benzene rings is 2. The maximum atomic E-state index is 13.5. The van der Waals surface area contributed by atoms with E-state index in [2.05, 4.69) is 21.3 Å². The number of halogens is 1. The second-order valence-corrected chi connectivity index (χ2v) is 7.12. The third kappa shape index (κ3) is 6.71. The van der Waals surface area contributed by atoms with Crippen LogP contribution in [0.4, 0.5) is 20.6 Å². The molecule has 0 aliphatic carbocycles. The summed E-state index contributed by atoms with van der Waals surface area (Å²) in [6.45, 7) is 5.50. The first kappa shape index (κ1) is 20.9. The maximum Gasteiger partial charge on any atom is 0.326 e. The number of nitrogens with one attached hydrogen (secondary N) is 4. The average molecular weight is 386 g/mol. The summed E-state index contributed by atoms with van der Waals surface area (Å²) in [5.41, 5.74) is 0.742. The van der Waals surface area contributed by atoms with E-state index in [-0.39, 0.29) is 23.7 Å². The lowest BCUT2D eigenvalue weighted by Gasteiger charge is -2.20. The number of carbonyl (C=O) groups is 3. The molecule has 2 aromatic carbocycles. The van der Waals surface area contributed by atoms with Crippen molar-refractivity contribution in [2.45, 2.75) is 26.3 Å². The summed E-state index contributed by atoms with van der Waals surface area (Å²) in [6.07, 6.45) is 0. The Balaban J connectivity index is 1.81. The van der Waals surface area contributed by atoms with Gasteiger partial charge in [0.15, 0.2) is 0 Å². The normalized spacial score (nSPS) is 10.7. The van der Waals surface area contributed by atoms with Gasteiger partial charge in [-0.25, -0.2) is 9.18 Å². The Hall–Kier alpha value is -3.42. The van der Waals surface area contributed by atoms with Crippen molar-refractivity contribution in [2.75, 3.05) is 17.2 Å². The van der Waals surface area contributed by atoms with Crippen LogP contribution >= 0.6 is 0 Å². The lowest BCUT2D eigenvalue weighted by Crippen LogP contribution is -2.40. The summed E-state index contributed by atoms with van der Waals surface area (Å²) in [6, 6.07) is 11.4. The molecule has 148 valence electrons. The van der Waals surface area contributed by atoms with Crippen LogP contribution in [-0.4, -0.2) is 29.9 Å². The lowest BCUT2D eigenvalue weighted by atomic mass is 10.1. The largest absolute Gasteiger partial charge is 0.376 e. The number of carbonyl (C=O) groups excluding carboxylic acids is 3. The number of rotatable bonds is 5. The third-order valence-corrected chi connectivity index (χ3v) is 3.46. The molecule has 0 aliphatic rings. The molecular weight excluding hydrogens is 363 g/mol. The van der Waals surface area contributed by atoms with Crippen molar-refractivity contribution in [3.8, 4) is 0 Å². The zero-order valence-corrected chi connectivity index (χ0v) is 15.9. The molecule has 0 fully saturated rings. The van der Waals surface area contributed by atoms with E-state index in [0.717, 1.165) is 0 Å². The molecule has 0 saturated carbocycles. The predicted octanol–water partition coefficient (Wildman–Crippen LogP) is 3.11. The Morgan fingerprint density at radius 3 is 2.21 bits per heavy atom. The molecule has 0 radical (unpaired) electrons. The zero-order valence-electron chi connectivity index (χ0n) is 15.9. The highest BCUT2D eigenvalue weighted by molar-refractivity contribution is 6.02. The van der Waals surface area contributed by atoms with Crippen LogP contribution in [0, 0.1) is 5.82 Å². The number of anilines is 2. The SMILES string of the molecule is CC(C)(C)NC(=O)c1ccc(NCC(=O)NC(=O)Nc2ccccc2F)cc1. The molecule has 7 nitrogen and oxygen atoms in total. The Morgan fingerprint density at radius 2 is 1.61 bits per heavy atom. The molecular formula is C20H23FN4O3. The number of para-hydroxylation sites is 1. The van der Waals surface area contributed by atoms with Crippen molar-refractivity contribution in [1.82, 2.24) is 10.6 Å². The van der Waals surface area contributed by atoms with Crippen molar-refractivity contribution in [3.05, 3.63) is 59.9 Å².